The van der Waals surface area contributed by atoms with Gasteiger partial charge < -0.3 is 25.2 Å². The highest BCUT2D eigenvalue weighted by molar-refractivity contribution is 7.91. The van der Waals surface area contributed by atoms with Crippen molar-refractivity contribution in [3.05, 3.63) is 71.8 Å². The van der Waals surface area contributed by atoms with E-state index in [1.807, 2.05) is 40.2 Å². The Morgan fingerprint density at radius 1 is 1.00 bits per heavy atom. The Balaban J connectivity index is 1.66. The minimum Gasteiger partial charge on any atom is -0.383 e. The fraction of sp³-hybridized carbons (Fsp3) is 0.310. The largest absolute Gasteiger partial charge is 0.383 e. The quantitative estimate of drug-likeness (QED) is 0.219. The van der Waals surface area contributed by atoms with E-state index in [-0.39, 0.29) is 16.8 Å². The number of fused-ring (bicyclic) bond motifs is 1. The van der Waals surface area contributed by atoms with Gasteiger partial charge in [-0.1, -0.05) is 0 Å². The second-order valence-corrected chi connectivity index (χ2v) is 12.2. The number of amides is 1. The normalized spacial score (nSPS) is 12.5. The fourth-order valence-electron chi connectivity index (χ4n) is 4.37. The number of aromatic amines is 1. The molecule has 0 spiro atoms. The lowest BCUT2D eigenvalue weighted by molar-refractivity contribution is 0.102. The minimum atomic E-state index is -4.26. The molecule has 1 unspecified atom stereocenters. The Morgan fingerprint density at radius 2 is 1.71 bits per heavy atom. The molecule has 1 aromatic heterocycles. The molecule has 0 aliphatic heterocycles. The van der Waals surface area contributed by atoms with Crippen LogP contribution in [-0.2, 0) is 14.6 Å². The molecule has 224 valence electrons. The molecule has 4 rings (SSSR count). The second-order valence-electron chi connectivity index (χ2n) is 10.3. The number of likely N-dealkylation sites (N-methyl/N-ethyl adjacent to an activating group) is 2. The van der Waals surface area contributed by atoms with Crippen LogP contribution in [0.5, 0.6) is 0 Å². The fourth-order valence-corrected chi connectivity index (χ4v) is 5.70. The van der Waals surface area contributed by atoms with Gasteiger partial charge in [0.2, 0.25) is 9.84 Å². The van der Waals surface area contributed by atoms with Gasteiger partial charge in [-0.2, -0.15) is 5.10 Å². The SMILES string of the molecule is COCC(C)Nc1cc(N(C)CCN(C)C)ccc1C(=O)Nc1n[nH]c2ccc(S(=O)(=O)c3cc(F)cc(F)c3)cc12. The summed E-state index contributed by atoms with van der Waals surface area (Å²) in [5, 5.41) is 13.3. The Morgan fingerprint density at radius 3 is 2.38 bits per heavy atom. The molecule has 13 heteroatoms. The average Bonchev–Trinajstić information content (AvgIpc) is 3.33. The molecule has 0 saturated heterocycles. The van der Waals surface area contributed by atoms with Crippen LogP contribution in [0.4, 0.5) is 26.0 Å². The van der Waals surface area contributed by atoms with Crippen LogP contribution < -0.4 is 15.5 Å². The summed E-state index contributed by atoms with van der Waals surface area (Å²) in [5.41, 5.74) is 2.30. The van der Waals surface area contributed by atoms with Crippen LogP contribution in [0, 0.1) is 11.6 Å². The van der Waals surface area contributed by atoms with Crippen LogP contribution in [0.2, 0.25) is 0 Å². The Bertz CT molecular complexity index is 1670. The summed E-state index contributed by atoms with van der Waals surface area (Å²) >= 11 is 0. The molecule has 0 aliphatic carbocycles. The second kappa shape index (κ2) is 12.8. The summed E-state index contributed by atoms with van der Waals surface area (Å²) in [6.45, 7) is 3.97. The lowest BCUT2D eigenvalue weighted by Crippen LogP contribution is -2.29. The first-order valence-electron chi connectivity index (χ1n) is 13.1. The van der Waals surface area contributed by atoms with Crippen molar-refractivity contribution in [1.82, 2.24) is 15.1 Å². The van der Waals surface area contributed by atoms with Gasteiger partial charge in [-0.25, -0.2) is 17.2 Å². The van der Waals surface area contributed by atoms with Crippen molar-refractivity contribution in [2.24, 2.45) is 0 Å². The van der Waals surface area contributed by atoms with E-state index >= 15 is 0 Å². The molecule has 0 fully saturated rings. The van der Waals surface area contributed by atoms with E-state index in [1.165, 1.54) is 18.2 Å². The molecule has 10 nitrogen and oxygen atoms in total. The number of hydrogen-bond donors (Lipinski definition) is 3. The Hall–Kier alpha value is -4.07. The van der Waals surface area contributed by atoms with Gasteiger partial charge in [0.15, 0.2) is 5.82 Å². The number of aromatic nitrogens is 2. The van der Waals surface area contributed by atoms with Gasteiger partial charge >= 0.3 is 0 Å². The molecule has 4 aromatic rings. The highest BCUT2D eigenvalue weighted by atomic mass is 32.2. The predicted octanol–water partition coefficient (Wildman–Crippen LogP) is 4.37. The van der Waals surface area contributed by atoms with E-state index in [9.17, 15) is 22.0 Å². The van der Waals surface area contributed by atoms with Crippen molar-refractivity contribution >= 4 is 43.8 Å². The number of ether oxygens (including phenoxy) is 1. The van der Waals surface area contributed by atoms with Crippen LogP contribution in [0.3, 0.4) is 0 Å². The molecule has 0 bridgehead atoms. The minimum absolute atomic E-state index is 0.0977. The monoisotopic (exact) mass is 600 g/mol. The summed E-state index contributed by atoms with van der Waals surface area (Å²) in [5.74, 6) is -2.39. The number of nitrogens with zero attached hydrogens (tertiary/aromatic N) is 3. The lowest BCUT2D eigenvalue weighted by Gasteiger charge is -2.24. The van der Waals surface area contributed by atoms with Gasteiger partial charge in [0.25, 0.3) is 5.91 Å². The number of carbonyl (C=O) groups excluding carboxylic acids is 1. The van der Waals surface area contributed by atoms with E-state index in [1.54, 1.807) is 13.2 Å². The average molecular weight is 601 g/mol. The first kappa shape index (κ1) is 30.9. The Kier molecular flexibility index (Phi) is 9.44. The topological polar surface area (TPSA) is 120 Å². The maximum absolute atomic E-state index is 13.8. The first-order chi connectivity index (χ1) is 19.9. The van der Waals surface area contributed by atoms with Gasteiger partial charge in [0.05, 0.1) is 27.5 Å². The summed E-state index contributed by atoms with van der Waals surface area (Å²) in [6, 6.07) is 11.5. The zero-order chi connectivity index (χ0) is 30.6. The van der Waals surface area contributed by atoms with Crippen molar-refractivity contribution in [1.29, 1.82) is 0 Å². The molecule has 3 aromatic carbocycles. The molecule has 42 heavy (non-hydrogen) atoms. The van der Waals surface area contributed by atoms with E-state index in [0.29, 0.717) is 34.8 Å². The van der Waals surface area contributed by atoms with Gasteiger partial charge in [0.1, 0.15) is 11.6 Å². The zero-order valence-corrected chi connectivity index (χ0v) is 24.9. The zero-order valence-electron chi connectivity index (χ0n) is 24.0. The summed E-state index contributed by atoms with van der Waals surface area (Å²) in [4.78, 5) is 17.0. The van der Waals surface area contributed by atoms with Crippen molar-refractivity contribution in [2.75, 3.05) is 63.5 Å². The third kappa shape index (κ3) is 7.04. The van der Waals surface area contributed by atoms with Crippen molar-refractivity contribution in [3.63, 3.8) is 0 Å². The number of hydrogen-bond acceptors (Lipinski definition) is 8. The van der Waals surface area contributed by atoms with Crippen LogP contribution in [0.1, 0.15) is 17.3 Å². The third-order valence-electron chi connectivity index (χ3n) is 6.61. The number of benzene rings is 3. The molecule has 3 N–H and O–H groups in total. The number of H-pyrrole nitrogens is 1. The molecular weight excluding hydrogens is 566 g/mol. The van der Waals surface area contributed by atoms with E-state index in [2.05, 4.69) is 30.6 Å². The van der Waals surface area contributed by atoms with Crippen molar-refractivity contribution in [2.45, 2.75) is 22.8 Å². The maximum Gasteiger partial charge on any atom is 0.258 e. The number of sulfone groups is 1. The highest BCUT2D eigenvalue weighted by Gasteiger charge is 2.23. The summed E-state index contributed by atoms with van der Waals surface area (Å²) in [7, 11) is 3.30. The number of anilines is 3. The van der Waals surface area contributed by atoms with Gasteiger partial charge in [0, 0.05) is 56.1 Å². The molecule has 1 heterocycles. The molecule has 0 saturated carbocycles. The number of carbonyl (C=O) groups is 1. The molecule has 0 radical (unpaired) electrons. The molecular formula is C29H34F2N6O4S. The van der Waals surface area contributed by atoms with Crippen LogP contribution in [0.15, 0.2) is 64.4 Å². The highest BCUT2D eigenvalue weighted by Crippen LogP contribution is 2.30. The molecule has 0 aliphatic rings. The van der Waals surface area contributed by atoms with Gasteiger partial charge in [-0.05, 0) is 69.6 Å². The first-order valence-corrected chi connectivity index (χ1v) is 14.6. The number of rotatable bonds is 12. The van der Waals surface area contributed by atoms with Gasteiger partial charge in [-0.15, -0.1) is 0 Å². The number of methoxy groups -OCH3 is 1. The smallest absolute Gasteiger partial charge is 0.258 e. The number of nitrogens with one attached hydrogen (secondary N) is 3. The van der Waals surface area contributed by atoms with Crippen molar-refractivity contribution < 1.29 is 26.7 Å². The van der Waals surface area contributed by atoms with E-state index in [0.717, 1.165) is 30.9 Å². The number of halogens is 2. The van der Waals surface area contributed by atoms with E-state index in [4.69, 9.17) is 4.74 Å². The van der Waals surface area contributed by atoms with Crippen molar-refractivity contribution in [3.8, 4) is 0 Å². The molecule has 1 amide bonds. The van der Waals surface area contributed by atoms with Crippen LogP contribution in [0.25, 0.3) is 10.9 Å². The Labute approximate surface area is 243 Å². The lowest BCUT2D eigenvalue weighted by atomic mass is 10.1. The van der Waals surface area contributed by atoms with Crippen LogP contribution in [-0.4, -0.2) is 83.4 Å². The summed E-state index contributed by atoms with van der Waals surface area (Å²) < 4.78 is 59.1. The standard InChI is InChI=1S/C29H34F2N6O4S/c1-18(17-41-5)32-27-15-21(37(4)11-10-36(2)3)6-8-24(27)29(38)33-28-25-16-22(7-9-26(25)34-35-28)42(39,40)23-13-19(30)12-20(31)14-23/h6-9,12-16,18,32H,10-11,17H2,1-5H3,(H2,33,34,35,38). The maximum atomic E-state index is 13.8. The van der Waals surface area contributed by atoms with Gasteiger partial charge in [-0.3, -0.25) is 9.89 Å². The third-order valence-corrected chi connectivity index (χ3v) is 8.34. The summed E-state index contributed by atoms with van der Waals surface area (Å²) in [6.07, 6.45) is 0. The van der Waals surface area contributed by atoms with E-state index < -0.39 is 32.3 Å². The van der Waals surface area contributed by atoms with Crippen LogP contribution >= 0.6 is 0 Å². The molecule has 1 atom stereocenters. The predicted molar refractivity (Wildman–Crippen MR) is 159 cm³/mol.